The Hall–Kier alpha value is -3.88. The van der Waals surface area contributed by atoms with E-state index in [1.165, 1.54) is 38.4 Å². The number of carbonyl (C=O) groups is 2. The molecular formula is C24H24N2O7. The summed E-state index contributed by atoms with van der Waals surface area (Å²) < 4.78 is 16.3. The number of anilines is 1. The molecule has 1 unspecified atom stereocenters. The van der Waals surface area contributed by atoms with E-state index < -0.39 is 10.8 Å². The van der Waals surface area contributed by atoms with Crippen LogP contribution in [0.5, 0.6) is 17.2 Å². The molecule has 9 nitrogen and oxygen atoms in total. The summed E-state index contributed by atoms with van der Waals surface area (Å²) in [6, 6.07) is 9.34. The fraction of sp³-hybridized carbons (Fsp3) is 0.333. The molecule has 0 aromatic heterocycles. The van der Waals surface area contributed by atoms with Crippen LogP contribution in [-0.4, -0.2) is 37.9 Å². The molecule has 0 fully saturated rings. The summed E-state index contributed by atoms with van der Waals surface area (Å²) in [4.78, 5) is 38.5. The highest BCUT2D eigenvalue weighted by Gasteiger charge is 2.40. The van der Waals surface area contributed by atoms with Crippen molar-refractivity contribution in [2.45, 2.75) is 31.6 Å². The number of Topliss-reactive ketones (excluding diaryl/α,β-unsaturated/α-hetero) is 1. The minimum absolute atomic E-state index is 0.00517. The predicted molar refractivity (Wildman–Crippen MR) is 120 cm³/mol. The molecule has 1 heterocycles. The standard InChI is InChI=1S/C24H24N2O7/c1-31-20-11-14(12-21(32-2)24(20)33-3)17-13-22(28)25(18-5-4-6-19(27)23(17)18)15-7-9-16(10-8-15)26(29)30/h7-12,17H,4-6,13H2,1-3H3. The Morgan fingerprint density at radius 3 is 2.15 bits per heavy atom. The summed E-state index contributed by atoms with van der Waals surface area (Å²) in [6.07, 6.45) is 1.67. The summed E-state index contributed by atoms with van der Waals surface area (Å²) in [5.74, 6) is 0.682. The van der Waals surface area contributed by atoms with E-state index in [2.05, 4.69) is 0 Å². The van der Waals surface area contributed by atoms with E-state index in [0.29, 0.717) is 53.5 Å². The lowest BCUT2D eigenvalue weighted by Gasteiger charge is -2.38. The van der Waals surface area contributed by atoms with Gasteiger partial charge in [-0.3, -0.25) is 24.6 Å². The van der Waals surface area contributed by atoms with Gasteiger partial charge in [0.05, 0.1) is 26.3 Å². The van der Waals surface area contributed by atoms with E-state index in [-0.39, 0.29) is 23.8 Å². The van der Waals surface area contributed by atoms with E-state index in [0.717, 1.165) is 5.56 Å². The van der Waals surface area contributed by atoms with Crippen LogP contribution >= 0.6 is 0 Å². The second-order valence-electron chi connectivity index (χ2n) is 7.86. The molecule has 2 aromatic carbocycles. The number of amides is 1. The first kappa shape index (κ1) is 22.3. The van der Waals surface area contributed by atoms with Crippen molar-refractivity contribution in [3.05, 3.63) is 63.3 Å². The molecule has 0 saturated heterocycles. The molecule has 1 aliphatic heterocycles. The van der Waals surface area contributed by atoms with E-state index in [1.807, 2.05) is 0 Å². The number of carbonyl (C=O) groups excluding carboxylic acids is 2. The number of nitrogens with zero attached hydrogens (tertiary/aromatic N) is 2. The average molecular weight is 452 g/mol. The Labute approximate surface area is 190 Å². The van der Waals surface area contributed by atoms with Crippen molar-refractivity contribution >= 4 is 23.1 Å². The summed E-state index contributed by atoms with van der Waals surface area (Å²) in [5, 5.41) is 11.0. The SMILES string of the molecule is COc1cc(C2CC(=O)N(c3ccc([N+](=O)[O-])cc3)C3=C2C(=O)CCC3)cc(OC)c1OC. The van der Waals surface area contributed by atoms with Crippen LogP contribution in [0.15, 0.2) is 47.7 Å². The molecule has 0 spiro atoms. The van der Waals surface area contributed by atoms with Crippen molar-refractivity contribution in [1.29, 1.82) is 0 Å². The number of hydrogen-bond acceptors (Lipinski definition) is 7. The highest BCUT2D eigenvalue weighted by molar-refractivity contribution is 6.07. The third-order valence-electron chi connectivity index (χ3n) is 6.08. The van der Waals surface area contributed by atoms with Gasteiger partial charge in [-0.05, 0) is 42.7 Å². The summed E-state index contributed by atoms with van der Waals surface area (Å²) >= 11 is 0. The highest BCUT2D eigenvalue weighted by atomic mass is 16.6. The van der Waals surface area contributed by atoms with Crippen molar-refractivity contribution in [1.82, 2.24) is 0 Å². The number of nitro benzene ring substituents is 1. The summed E-state index contributed by atoms with van der Waals surface area (Å²) in [5.41, 5.74) is 2.41. The molecule has 172 valence electrons. The predicted octanol–water partition coefficient (Wildman–Crippen LogP) is 4.15. The van der Waals surface area contributed by atoms with Crippen LogP contribution in [0.4, 0.5) is 11.4 Å². The normalized spacial score (nSPS) is 18.2. The Kier molecular flexibility index (Phi) is 6.04. The van der Waals surface area contributed by atoms with Gasteiger partial charge in [-0.1, -0.05) is 0 Å². The minimum atomic E-state index is -0.489. The quantitative estimate of drug-likeness (QED) is 0.478. The maximum Gasteiger partial charge on any atom is 0.269 e. The van der Waals surface area contributed by atoms with Gasteiger partial charge in [0, 0.05) is 47.8 Å². The molecule has 0 radical (unpaired) electrons. The van der Waals surface area contributed by atoms with Crippen molar-refractivity contribution in [2.75, 3.05) is 26.2 Å². The van der Waals surface area contributed by atoms with Crippen LogP contribution in [0.2, 0.25) is 0 Å². The molecule has 0 N–H and O–H groups in total. The van der Waals surface area contributed by atoms with E-state index in [1.54, 1.807) is 24.3 Å². The van der Waals surface area contributed by atoms with Gasteiger partial charge in [0.25, 0.3) is 5.69 Å². The summed E-state index contributed by atoms with van der Waals surface area (Å²) in [6.45, 7) is 0. The lowest BCUT2D eigenvalue weighted by atomic mass is 9.77. The van der Waals surface area contributed by atoms with Gasteiger partial charge in [0.15, 0.2) is 17.3 Å². The summed E-state index contributed by atoms with van der Waals surface area (Å²) in [7, 11) is 4.54. The molecule has 0 bridgehead atoms. The van der Waals surface area contributed by atoms with Crippen LogP contribution in [0, 0.1) is 10.1 Å². The molecule has 0 saturated carbocycles. The second kappa shape index (κ2) is 8.93. The van der Waals surface area contributed by atoms with Crippen LogP contribution in [0.3, 0.4) is 0 Å². The Morgan fingerprint density at radius 1 is 0.970 bits per heavy atom. The lowest BCUT2D eigenvalue weighted by molar-refractivity contribution is -0.384. The molecule has 1 aliphatic carbocycles. The van der Waals surface area contributed by atoms with Crippen LogP contribution < -0.4 is 19.1 Å². The maximum atomic E-state index is 13.4. The number of nitro groups is 1. The lowest BCUT2D eigenvalue weighted by Crippen LogP contribution is -2.40. The molecule has 2 aromatic rings. The number of ether oxygens (including phenoxy) is 3. The fourth-order valence-corrected chi connectivity index (χ4v) is 4.60. The van der Waals surface area contributed by atoms with Crippen molar-refractivity contribution in [3.63, 3.8) is 0 Å². The second-order valence-corrected chi connectivity index (χ2v) is 7.86. The van der Waals surface area contributed by atoms with Crippen molar-refractivity contribution in [2.24, 2.45) is 0 Å². The largest absolute Gasteiger partial charge is 0.493 e. The van der Waals surface area contributed by atoms with Crippen molar-refractivity contribution in [3.8, 4) is 17.2 Å². The Bertz CT molecular complexity index is 1130. The highest BCUT2D eigenvalue weighted by Crippen LogP contribution is 2.47. The minimum Gasteiger partial charge on any atom is -0.493 e. The van der Waals surface area contributed by atoms with Crippen LogP contribution in [-0.2, 0) is 9.59 Å². The number of rotatable bonds is 6. The first-order valence-electron chi connectivity index (χ1n) is 10.5. The smallest absolute Gasteiger partial charge is 0.269 e. The van der Waals surface area contributed by atoms with E-state index >= 15 is 0 Å². The molecule has 4 rings (SSSR count). The van der Waals surface area contributed by atoms with Gasteiger partial charge in [-0.25, -0.2) is 0 Å². The average Bonchev–Trinajstić information content (AvgIpc) is 2.82. The van der Waals surface area contributed by atoms with Gasteiger partial charge in [0.2, 0.25) is 11.7 Å². The van der Waals surface area contributed by atoms with Gasteiger partial charge >= 0.3 is 0 Å². The molecule has 2 aliphatic rings. The number of ketones is 1. The van der Waals surface area contributed by atoms with Gasteiger partial charge in [-0.2, -0.15) is 0 Å². The molecule has 9 heteroatoms. The third-order valence-corrected chi connectivity index (χ3v) is 6.08. The van der Waals surface area contributed by atoms with Crippen LogP contribution in [0.1, 0.15) is 37.2 Å². The molecular weight excluding hydrogens is 428 g/mol. The number of non-ortho nitro benzene ring substituents is 1. The zero-order chi connectivity index (χ0) is 23.7. The Balaban J connectivity index is 1.84. The molecule has 33 heavy (non-hydrogen) atoms. The van der Waals surface area contributed by atoms with Gasteiger partial charge in [-0.15, -0.1) is 0 Å². The zero-order valence-electron chi connectivity index (χ0n) is 18.6. The number of allylic oxidation sites excluding steroid dienone is 2. The van der Waals surface area contributed by atoms with Gasteiger partial charge < -0.3 is 14.2 Å². The molecule has 1 atom stereocenters. The monoisotopic (exact) mass is 452 g/mol. The number of hydrogen-bond donors (Lipinski definition) is 0. The topological polar surface area (TPSA) is 108 Å². The zero-order valence-corrected chi connectivity index (χ0v) is 18.6. The number of benzene rings is 2. The maximum absolute atomic E-state index is 13.4. The van der Waals surface area contributed by atoms with Gasteiger partial charge in [0.1, 0.15) is 0 Å². The number of methoxy groups -OCH3 is 3. The van der Waals surface area contributed by atoms with E-state index in [9.17, 15) is 19.7 Å². The Morgan fingerprint density at radius 2 is 1.61 bits per heavy atom. The fourth-order valence-electron chi connectivity index (χ4n) is 4.60. The first-order chi connectivity index (χ1) is 15.9. The third kappa shape index (κ3) is 3.90. The molecule has 1 amide bonds. The first-order valence-corrected chi connectivity index (χ1v) is 10.5. The van der Waals surface area contributed by atoms with E-state index in [4.69, 9.17) is 14.2 Å². The van der Waals surface area contributed by atoms with Crippen molar-refractivity contribution < 1.29 is 28.7 Å². The van der Waals surface area contributed by atoms with Crippen LogP contribution in [0.25, 0.3) is 0 Å².